The van der Waals surface area contributed by atoms with E-state index in [0.29, 0.717) is 40.4 Å². The van der Waals surface area contributed by atoms with E-state index in [0.717, 1.165) is 19.3 Å². The molecule has 1 aromatic heterocycles. The second kappa shape index (κ2) is 49.2. The van der Waals surface area contributed by atoms with Crippen LogP contribution in [0.15, 0.2) is 90.1 Å². The number of aliphatic hydroxyl groups excluding tert-OH is 2. The van der Waals surface area contributed by atoms with Crippen molar-refractivity contribution >= 4 is 120 Å². The number of guanidine groups is 1. The van der Waals surface area contributed by atoms with Gasteiger partial charge in [-0.15, -0.1) is 0 Å². The van der Waals surface area contributed by atoms with Gasteiger partial charge in [-0.05, 0) is 72.4 Å². The molecule has 0 unspecified atom stereocenters. The van der Waals surface area contributed by atoms with Gasteiger partial charge in [-0.2, -0.15) is 0 Å². The maximum Gasteiger partial charge on any atom is 3.00 e. The quantitative estimate of drug-likeness (QED) is 0.00846. The Labute approximate surface area is 683 Å². The van der Waals surface area contributed by atoms with Crippen molar-refractivity contribution < 1.29 is 103 Å². The summed E-state index contributed by atoms with van der Waals surface area (Å²) >= 11 is 0. The van der Waals surface area contributed by atoms with E-state index in [1.807, 2.05) is 0 Å². The number of aliphatic imine (C=N–C) groups is 1. The minimum Gasteiger partial charge on any atom is -0.549 e. The van der Waals surface area contributed by atoms with Gasteiger partial charge >= 0.3 is 25.8 Å². The molecule has 0 spiro atoms. The number of hydrogen-bond donors (Lipinski definition) is 17. The number of aliphatic carboxylic acids is 4. The minimum atomic E-state index is -1.90. The van der Waals surface area contributed by atoms with E-state index in [-0.39, 0.29) is 147 Å². The number of carboxylic acids is 4. The first-order valence-corrected chi connectivity index (χ1v) is 38.1. The van der Waals surface area contributed by atoms with Gasteiger partial charge in [-0.25, -0.2) is 0 Å². The molecular formula is C76H107GaN18O21. The van der Waals surface area contributed by atoms with Crippen LogP contribution in [0.5, 0.6) is 5.75 Å². The van der Waals surface area contributed by atoms with Crippen LogP contribution in [-0.2, 0) is 86.4 Å². The van der Waals surface area contributed by atoms with E-state index in [9.17, 15) is 103 Å². The summed E-state index contributed by atoms with van der Waals surface area (Å²) in [4.78, 5) is 204. The van der Waals surface area contributed by atoms with Crippen molar-refractivity contribution in [3.05, 3.63) is 102 Å². The van der Waals surface area contributed by atoms with Crippen LogP contribution in [-0.4, -0.2) is 306 Å². The molecule has 1 saturated carbocycles. The Balaban J connectivity index is 0.0000240. The number of carbonyl (C=O) groups excluding carboxylic acids is 13. The molecule has 39 nitrogen and oxygen atoms in total. The number of primary amides is 1. The molecular weight excluding hydrogens is 1570 g/mol. The molecule has 10 amide bonds. The summed E-state index contributed by atoms with van der Waals surface area (Å²) in [5.41, 5.74) is 18.8. The van der Waals surface area contributed by atoms with Crippen LogP contribution in [0, 0.1) is 11.8 Å². The number of phenols is 1. The number of phenolic OH excluding ortho intramolecular Hbond substituents is 1. The van der Waals surface area contributed by atoms with Gasteiger partial charge in [0.05, 0.1) is 44.1 Å². The number of H-pyrrole nitrogens is 1. The summed E-state index contributed by atoms with van der Waals surface area (Å²) in [6.07, 6.45) is 3.07. The Kier molecular flexibility index (Phi) is 40.7. The SMILES string of the molecule is CC(C)C[C@H](NC(=O)[C@H](Cc1ccc(O)cc1)NC(=O)[C@@H](CCCN=C(N)N)NC(=O)[C@@H](CO)NC(=O)[C@H](Cc1ccccc1)NC(=O)[C@H](CC1CCCCC1)NC(=O)[C@H](CC(=O)O)NC(=O)CN1CCN(CC(=O)[O-])CCN(CC(=O)[O-])CCN(CC(=O)[O-])CC1)C(=O)N[C@@H](Cc1c[nH]c2ccccc12)C(=O)N[C@@H](CO)C(N)=O.[68Ga+3]. The first kappa shape index (κ1) is 95.8. The number of aromatic amines is 1. The number of rotatable bonds is 44. The second-order valence-electron chi connectivity index (χ2n) is 29.1. The van der Waals surface area contributed by atoms with Crippen molar-refractivity contribution in [2.75, 3.05) is 98.3 Å². The molecule has 630 valence electrons. The zero-order valence-corrected chi connectivity index (χ0v) is 67.4. The van der Waals surface area contributed by atoms with Crippen molar-refractivity contribution in [3.8, 4) is 5.75 Å². The average Bonchev–Trinajstić information content (AvgIpc) is 1.64. The van der Waals surface area contributed by atoms with Crippen molar-refractivity contribution in [1.29, 1.82) is 0 Å². The normalized spacial score (nSPS) is 16.5. The van der Waals surface area contributed by atoms with Crippen LogP contribution in [0.25, 0.3) is 10.9 Å². The molecule has 1 saturated heterocycles. The number of benzene rings is 3. The largest absolute Gasteiger partial charge is 3.00 e. The van der Waals surface area contributed by atoms with E-state index in [1.54, 1.807) is 74.6 Å². The van der Waals surface area contributed by atoms with Crippen molar-refractivity contribution in [2.45, 2.75) is 152 Å². The number of hydrogen-bond acceptors (Lipinski definition) is 25. The number of amides is 10. The van der Waals surface area contributed by atoms with Crippen LogP contribution in [0.3, 0.4) is 0 Å². The predicted molar refractivity (Wildman–Crippen MR) is 414 cm³/mol. The molecule has 2 aliphatic rings. The summed E-state index contributed by atoms with van der Waals surface area (Å²) in [7, 11) is 0. The Morgan fingerprint density at radius 3 is 1.40 bits per heavy atom. The first-order chi connectivity index (χ1) is 54.7. The van der Waals surface area contributed by atoms with E-state index in [4.69, 9.17) is 17.2 Å². The van der Waals surface area contributed by atoms with Crippen molar-refractivity contribution in [1.82, 2.24) is 72.4 Å². The molecule has 6 rings (SSSR count). The van der Waals surface area contributed by atoms with Crippen LogP contribution >= 0.6 is 0 Å². The monoisotopic (exact) mass is 1680 g/mol. The Morgan fingerprint density at radius 1 is 0.491 bits per heavy atom. The standard InChI is InChI=1S/C76H110N18O21.Ga/c1-45(2)32-54(69(109)88-58(73(113)89-60(43-95)67(77)107)36-49-38-81-52-17-10-9-16-51(49)52)84-70(110)57(35-48-19-21-50(97)22-20-48)85-68(108)53(18-11-23-80-76(78)79)83-75(115)61(44-96)90-72(112)56(34-47-14-7-4-8-15-47)86-71(111)55(33-46-12-5-3-6-13-46)87-74(114)59(37-63(99)100)82-62(98)39-91-24-26-92(40-64(101)102)28-30-94(42-66(105)106)31-29-93(27-25-91)41-65(103)104;/h4,7-10,14-17,19-22,38,45-46,53-61,81,95-97H,3,5-6,11-13,18,23-37,39-44H2,1-2H3,(H2,77,107)(H,82,98)(H,83,115)(H,84,110)(H,85,108)(H,86,111)(H,87,114)(H,88,109)(H,89,113)(H,90,112)(H,99,100)(H,101,102)(H,103,104)(H,105,106)(H4,78,79,80);/q;+3/p-3/t53-,54+,55+,56+,57+,58+,59+,60+,61-;/m1./s1/i;1-2. The molecule has 1 aliphatic heterocycles. The molecule has 20 N–H and O–H groups in total. The first-order valence-electron chi connectivity index (χ1n) is 38.1. The Hall–Kier alpha value is -10.8. The molecule has 3 aromatic carbocycles. The number of carboxylic acid groups (broad SMARTS) is 4. The Bertz CT molecular complexity index is 3950. The van der Waals surface area contributed by atoms with Crippen LogP contribution in [0.4, 0.5) is 0 Å². The topological polar surface area (TPSA) is 617 Å². The van der Waals surface area contributed by atoms with Gasteiger partial charge in [-0.3, -0.25) is 77.3 Å². The second-order valence-corrected chi connectivity index (χ2v) is 29.1. The number of nitrogens with one attached hydrogen (secondary N) is 10. The van der Waals surface area contributed by atoms with Gasteiger partial charge in [0.25, 0.3) is 0 Å². The third-order valence-corrected chi connectivity index (χ3v) is 19.5. The van der Waals surface area contributed by atoms with E-state index >= 15 is 0 Å². The predicted octanol–water partition coefficient (Wildman–Crippen LogP) is -8.63. The van der Waals surface area contributed by atoms with Crippen LogP contribution < -0.4 is 80.4 Å². The third kappa shape index (κ3) is 34.0. The number of aliphatic hydroxyl groups is 2. The van der Waals surface area contributed by atoms with Gasteiger partial charge in [0, 0.05) is 115 Å². The van der Waals surface area contributed by atoms with Gasteiger partial charge < -0.3 is 120 Å². The molecule has 0 bridgehead atoms. The van der Waals surface area contributed by atoms with Crippen LogP contribution in [0.1, 0.15) is 94.7 Å². The van der Waals surface area contributed by atoms with E-state index in [1.165, 1.54) is 43.9 Å². The van der Waals surface area contributed by atoms with Gasteiger partial charge in [0.15, 0.2) is 5.96 Å². The maximum absolute atomic E-state index is 15.0. The number of fused-ring (bicyclic) bond motifs is 1. The van der Waals surface area contributed by atoms with Gasteiger partial charge in [0.1, 0.15) is 60.1 Å². The number of nitrogens with zero attached hydrogens (tertiary/aromatic N) is 5. The zero-order chi connectivity index (χ0) is 84.3. The smallest absolute Gasteiger partial charge is 0.549 e. The average molecular weight is 1680 g/mol. The zero-order valence-electron chi connectivity index (χ0n) is 65.0. The molecule has 2 fully saturated rings. The minimum absolute atomic E-state index is 0. The fourth-order valence-electron chi connectivity index (χ4n) is 13.5. The fraction of sp³-hybridized carbons (Fsp3) is 0.539. The van der Waals surface area contributed by atoms with Crippen molar-refractivity contribution in [2.24, 2.45) is 34.0 Å². The fourth-order valence-corrected chi connectivity index (χ4v) is 13.5. The van der Waals surface area contributed by atoms with Gasteiger partial charge in [0.2, 0.25) is 59.1 Å². The third-order valence-electron chi connectivity index (χ3n) is 19.5. The molecule has 9 atom stereocenters. The maximum atomic E-state index is 15.0. The molecule has 2 heterocycles. The molecule has 1 aliphatic carbocycles. The number of aromatic nitrogens is 1. The summed E-state index contributed by atoms with van der Waals surface area (Å²) in [5, 5.41) is 100. The number of carbonyl (C=O) groups is 14. The number of nitrogens with two attached hydrogens (primary N) is 3. The van der Waals surface area contributed by atoms with E-state index in [2.05, 4.69) is 57.8 Å². The van der Waals surface area contributed by atoms with E-state index < -0.39 is 183 Å². The van der Waals surface area contributed by atoms with Crippen molar-refractivity contribution in [3.63, 3.8) is 0 Å². The molecule has 0 radical (unpaired) electrons. The summed E-state index contributed by atoms with van der Waals surface area (Å²) in [5.74, 6) is -16.9. The molecule has 116 heavy (non-hydrogen) atoms. The number of aromatic hydroxyl groups is 1. The number of para-hydroxylation sites is 1. The van der Waals surface area contributed by atoms with Crippen LogP contribution in [0.2, 0.25) is 0 Å². The Morgan fingerprint density at radius 2 is 0.905 bits per heavy atom. The molecule has 40 heteroatoms. The summed E-state index contributed by atoms with van der Waals surface area (Å²) < 4.78 is 0. The molecule has 4 aromatic rings. The van der Waals surface area contributed by atoms with Gasteiger partial charge in [-0.1, -0.05) is 107 Å². The summed E-state index contributed by atoms with van der Waals surface area (Å²) in [6.45, 7) is -1.04. The summed E-state index contributed by atoms with van der Waals surface area (Å²) in [6, 6.07) is 6.34.